The van der Waals surface area contributed by atoms with Crippen LogP contribution in [0, 0.1) is 5.92 Å². The van der Waals surface area contributed by atoms with E-state index in [0.717, 1.165) is 12.8 Å². The largest absolute Gasteiger partial charge is 0.480 e. The molecule has 1 unspecified atom stereocenters. The van der Waals surface area contributed by atoms with Crippen LogP contribution in [0.5, 0.6) is 0 Å². The fraction of sp³-hybridized carbons (Fsp3) is 0.423. The Morgan fingerprint density at radius 2 is 1.67 bits per heavy atom. The van der Waals surface area contributed by atoms with Gasteiger partial charge in [-0.2, -0.15) is 0 Å². The third-order valence-electron chi connectivity index (χ3n) is 7.00. The van der Waals surface area contributed by atoms with Crippen LogP contribution in [0.2, 0.25) is 0 Å². The van der Waals surface area contributed by atoms with E-state index in [2.05, 4.69) is 29.6 Å². The van der Waals surface area contributed by atoms with Crippen LogP contribution in [0.15, 0.2) is 48.5 Å². The Labute approximate surface area is 193 Å². The van der Waals surface area contributed by atoms with Crippen LogP contribution in [-0.4, -0.2) is 53.7 Å². The van der Waals surface area contributed by atoms with Gasteiger partial charge in [-0.25, -0.2) is 9.59 Å². The number of carbonyl (C=O) groups is 3. The number of hydrogen-bond acceptors (Lipinski definition) is 4. The fourth-order valence-electron chi connectivity index (χ4n) is 4.97. The summed E-state index contributed by atoms with van der Waals surface area (Å²) in [7, 11) is 1.52. The van der Waals surface area contributed by atoms with E-state index in [-0.39, 0.29) is 36.8 Å². The van der Waals surface area contributed by atoms with Crippen LogP contribution in [0.25, 0.3) is 11.1 Å². The number of rotatable bonds is 7. The number of likely N-dealkylation sites (N-methyl/N-ethyl adjacent to an activating group) is 1. The molecule has 0 heterocycles. The van der Waals surface area contributed by atoms with Crippen LogP contribution in [0.3, 0.4) is 0 Å². The van der Waals surface area contributed by atoms with Crippen molar-refractivity contribution in [1.82, 2.24) is 10.2 Å². The molecule has 7 nitrogen and oxygen atoms in total. The first-order chi connectivity index (χ1) is 15.8. The summed E-state index contributed by atoms with van der Waals surface area (Å²) >= 11 is 0. The van der Waals surface area contributed by atoms with Crippen molar-refractivity contribution >= 4 is 18.0 Å². The lowest BCUT2D eigenvalue weighted by atomic mass is 9.98. The first kappa shape index (κ1) is 22.8. The highest BCUT2D eigenvalue weighted by Crippen LogP contribution is 2.44. The zero-order chi connectivity index (χ0) is 23.5. The highest BCUT2D eigenvalue weighted by molar-refractivity contribution is 5.83. The predicted octanol–water partition coefficient (Wildman–Crippen LogP) is 4.02. The summed E-state index contributed by atoms with van der Waals surface area (Å²) in [6.45, 7) is 1.77. The zero-order valence-electron chi connectivity index (χ0n) is 19.0. The van der Waals surface area contributed by atoms with Gasteiger partial charge in [0.05, 0.1) is 0 Å². The molecule has 2 aliphatic rings. The molecular formula is C26H30N2O5. The summed E-state index contributed by atoms with van der Waals surface area (Å²) in [4.78, 5) is 37.2. The van der Waals surface area contributed by atoms with Gasteiger partial charge in [0.25, 0.3) is 0 Å². The normalized spacial score (nSPS) is 19.9. The second-order valence-electron chi connectivity index (χ2n) is 9.07. The molecule has 0 aliphatic heterocycles. The van der Waals surface area contributed by atoms with Crippen molar-refractivity contribution in [3.63, 3.8) is 0 Å². The van der Waals surface area contributed by atoms with Crippen molar-refractivity contribution in [3.8, 4) is 11.1 Å². The summed E-state index contributed by atoms with van der Waals surface area (Å²) in [6.07, 6.45) is 2.13. The molecule has 174 valence electrons. The molecule has 0 saturated heterocycles. The second kappa shape index (κ2) is 9.65. The average Bonchev–Trinajstić information content (AvgIpc) is 3.38. The Morgan fingerprint density at radius 3 is 2.27 bits per heavy atom. The number of amides is 2. The van der Waals surface area contributed by atoms with E-state index in [9.17, 15) is 14.4 Å². The van der Waals surface area contributed by atoms with E-state index < -0.39 is 18.1 Å². The molecule has 2 aromatic carbocycles. The number of nitrogens with one attached hydrogen (secondary N) is 1. The molecule has 0 aromatic heterocycles. The second-order valence-corrected chi connectivity index (χ2v) is 9.07. The van der Waals surface area contributed by atoms with Crippen LogP contribution >= 0.6 is 0 Å². The lowest BCUT2D eigenvalue weighted by molar-refractivity contribution is -0.148. The summed E-state index contributed by atoms with van der Waals surface area (Å²) in [5, 5.41) is 12.0. The minimum atomic E-state index is -1.02. The molecule has 2 aliphatic carbocycles. The molecule has 7 heteroatoms. The van der Waals surface area contributed by atoms with Crippen LogP contribution < -0.4 is 5.32 Å². The Hall–Kier alpha value is -3.35. The highest BCUT2D eigenvalue weighted by atomic mass is 16.5. The van der Waals surface area contributed by atoms with E-state index in [1.54, 1.807) is 0 Å². The number of hydrogen-bond donors (Lipinski definition) is 2. The number of benzene rings is 2. The van der Waals surface area contributed by atoms with Crippen molar-refractivity contribution in [2.24, 2.45) is 5.92 Å². The van der Waals surface area contributed by atoms with Gasteiger partial charge in [0, 0.05) is 25.4 Å². The number of fused-ring (bicyclic) bond motifs is 3. The number of carboxylic acids is 1. The van der Waals surface area contributed by atoms with Crippen molar-refractivity contribution in [3.05, 3.63) is 59.7 Å². The number of carboxylic acid groups (broad SMARTS) is 1. The quantitative estimate of drug-likeness (QED) is 0.664. The Balaban J connectivity index is 1.28. The van der Waals surface area contributed by atoms with Gasteiger partial charge in [-0.3, -0.25) is 4.79 Å². The number of ether oxygens (including phenoxy) is 1. The molecule has 3 atom stereocenters. The van der Waals surface area contributed by atoms with Crippen LogP contribution in [0.4, 0.5) is 4.79 Å². The summed E-state index contributed by atoms with van der Waals surface area (Å²) < 4.78 is 5.62. The van der Waals surface area contributed by atoms with Gasteiger partial charge in [-0.1, -0.05) is 48.5 Å². The summed E-state index contributed by atoms with van der Waals surface area (Å²) in [6, 6.07) is 15.5. The molecule has 2 aromatic rings. The number of carbonyl (C=O) groups excluding carboxylic acids is 2. The average molecular weight is 451 g/mol. The number of alkyl carbamates (subject to hydrolysis) is 1. The molecule has 33 heavy (non-hydrogen) atoms. The first-order valence-electron chi connectivity index (χ1n) is 11.4. The molecule has 0 radical (unpaired) electrons. The van der Waals surface area contributed by atoms with Gasteiger partial charge in [0.1, 0.15) is 12.6 Å². The van der Waals surface area contributed by atoms with Gasteiger partial charge >= 0.3 is 12.1 Å². The van der Waals surface area contributed by atoms with Gasteiger partial charge < -0.3 is 20.1 Å². The van der Waals surface area contributed by atoms with Crippen molar-refractivity contribution in [2.75, 3.05) is 13.7 Å². The predicted molar refractivity (Wildman–Crippen MR) is 124 cm³/mol. The van der Waals surface area contributed by atoms with Gasteiger partial charge in [0.2, 0.25) is 5.91 Å². The van der Waals surface area contributed by atoms with Gasteiger partial charge in [-0.15, -0.1) is 0 Å². The van der Waals surface area contributed by atoms with Crippen molar-refractivity contribution in [2.45, 2.75) is 50.6 Å². The standard InChI is InChI=1S/C26H30N2O5/c1-16(25(30)31)28(2)24(29)14-17-11-12-18(13-17)27-26(32)33-15-23-21-9-5-3-7-19(21)20-8-4-6-10-22(20)23/h3-10,16-18,23H,11-15H2,1-2H3,(H,27,32)(H,30,31)/t16?,17-,18+/m1/s1. The maximum absolute atomic E-state index is 12.5. The molecule has 2 amide bonds. The third kappa shape index (κ3) is 4.87. The smallest absolute Gasteiger partial charge is 0.407 e. The van der Waals surface area contributed by atoms with E-state index in [4.69, 9.17) is 9.84 Å². The molecule has 0 spiro atoms. The number of nitrogens with zero attached hydrogens (tertiary/aromatic N) is 1. The van der Waals surface area contributed by atoms with Crippen molar-refractivity contribution in [1.29, 1.82) is 0 Å². The zero-order valence-corrected chi connectivity index (χ0v) is 19.0. The molecule has 1 saturated carbocycles. The SMILES string of the molecule is CC(C(=O)O)N(C)C(=O)C[C@@H]1CC[C@H](NC(=O)OCC2c3ccccc3-c3ccccc32)C1. The van der Waals surface area contributed by atoms with Crippen molar-refractivity contribution < 1.29 is 24.2 Å². The molecule has 2 N–H and O–H groups in total. The van der Waals surface area contributed by atoms with E-state index >= 15 is 0 Å². The molecular weight excluding hydrogens is 420 g/mol. The maximum Gasteiger partial charge on any atom is 0.407 e. The van der Waals surface area contributed by atoms with E-state index in [1.165, 1.54) is 41.1 Å². The van der Waals surface area contributed by atoms with Crippen LogP contribution in [-0.2, 0) is 14.3 Å². The Kier molecular flexibility index (Phi) is 6.67. The Bertz CT molecular complexity index is 1010. The van der Waals surface area contributed by atoms with E-state index in [0.29, 0.717) is 6.42 Å². The fourth-order valence-corrected chi connectivity index (χ4v) is 4.97. The summed E-state index contributed by atoms with van der Waals surface area (Å²) in [5.41, 5.74) is 4.72. The highest BCUT2D eigenvalue weighted by Gasteiger charge is 2.32. The molecule has 0 bridgehead atoms. The lowest BCUT2D eigenvalue weighted by Crippen LogP contribution is -2.41. The first-order valence-corrected chi connectivity index (χ1v) is 11.4. The summed E-state index contributed by atoms with van der Waals surface area (Å²) in [5.74, 6) is -1.06. The molecule has 4 rings (SSSR count). The Morgan fingerprint density at radius 1 is 1.06 bits per heavy atom. The lowest BCUT2D eigenvalue weighted by Gasteiger charge is -2.23. The topological polar surface area (TPSA) is 95.9 Å². The minimum Gasteiger partial charge on any atom is -0.480 e. The monoisotopic (exact) mass is 450 g/mol. The minimum absolute atomic E-state index is 0.0175. The number of aliphatic carboxylic acids is 1. The van der Waals surface area contributed by atoms with E-state index in [1.807, 2.05) is 24.3 Å². The van der Waals surface area contributed by atoms with Crippen LogP contribution in [0.1, 0.15) is 49.7 Å². The van der Waals surface area contributed by atoms with Gasteiger partial charge in [-0.05, 0) is 54.4 Å². The van der Waals surface area contributed by atoms with Gasteiger partial charge in [0.15, 0.2) is 0 Å². The molecule has 1 fully saturated rings. The maximum atomic E-state index is 12.5. The third-order valence-corrected chi connectivity index (χ3v) is 7.00.